The summed E-state index contributed by atoms with van der Waals surface area (Å²) >= 11 is 0. The summed E-state index contributed by atoms with van der Waals surface area (Å²) in [6.07, 6.45) is -6.16. The molecule has 3 aromatic rings. The molecule has 0 unspecified atom stereocenters. The fourth-order valence-electron chi connectivity index (χ4n) is 2.92. The predicted molar refractivity (Wildman–Crippen MR) is 108 cm³/mol. The quantitative estimate of drug-likeness (QED) is 0.327. The van der Waals surface area contributed by atoms with Crippen LogP contribution >= 0.6 is 0 Å². The standard InChI is InChI=1S/C22H17F6N3O3/c1-13(32)3-4-14-5-8-19(20(9-14)33-2)34-12-15-11-31(30-29-15)16-6-7-17(21(23,24)25)18(10-16)22(26,27)28/h3-11H,12H2,1-2H3/b4-3+. The van der Waals surface area contributed by atoms with E-state index < -0.39 is 23.5 Å². The Morgan fingerprint density at radius 2 is 1.71 bits per heavy atom. The lowest BCUT2D eigenvalue weighted by Crippen LogP contribution is -2.17. The summed E-state index contributed by atoms with van der Waals surface area (Å²) in [7, 11) is 1.42. The topological polar surface area (TPSA) is 66.2 Å². The number of benzene rings is 2. The van der Waals surface area contributed by atoms with Crippen LogP contribution in [0.25, 0.3) is 11.8 Å². The molecule has 34 heavy (non-hydrogen) atoms. The SMILES string of the molecule is COc1cc(/C=C/C(C)=O)ccc1OCc1cn(-c2ccc(C(F)(F)F)c(C(F)(F)F)c2)nn1. The Balaban J connectivity index is 1.80. The normalized spacial score (nSPS) is 12.2. The van der Waals surface area contributed by atoms with E-state index in [0.717, 1.165) is 10.7 Å². The van der Waals surface area contributed by atoms with E-state index in [1.807, 2.05) is 0 Å². The molecule has 0 aliphatic carbocycles. The largest absolute Gasteiger partial charge is 0.493 e. The van der Waals surface area contributed by atoms with E-state index in [-0.39, 0.29) is 23.8 Å². The molecule has 0 N–H and O–H groups in total. The van der Waals surface area contributed by atoms with E-state index in [9.17, 15) is 31.1 Å². The van der Waals surface area contributed by atoms with Crippen LogP contribution in [0.1, 0.15) is 29.3 Å². The molecule has 1 aromatic heterocycles. The molecule has 0 amide bonds. The molecule has 0 saturated carbocycles. The Kier molecular flexibility index (Phi) is 6.99. The van der Waals surface area contributed by atoms with Crippen molar-refractivity contribution in [2.24, 2.45) is 0 Å². The van der Waals surface area contributed by atoms with Gasteiger partial charge in [0.25, 0.3) is 0 Å². The van der Waals surface area contributed by atoms with Gasteiger partial charge >= 0.3 is 12.4 Å². The van der Waals surface area contributed by atoms with Crippen LogP contribution in [-0.4, -0.2) is 27.9 Å². The number of nitrogens with zero attached hydrogens (tertiary/aromatic N) is 3. The lowest BCUT2D eigenvalue weighted by atomic mass is 10.1. The minimum Gasteiger partial charge on any atom is -0.493 e. The first kappa shape index (κ1) is 24.8. The van der Waals surface area contributed by atoms with Crippen molar-refractivity contribution < 1.29 is 40.6 Å². The lowest BCUT2D eigenvalue weighted by molar-refractivity contribution is -0.162. The number of rotatable bonds is 7. The van der Waals surface area contributed by atoms with Crippen LogP contribution in [0, 0.1) is 0 Å². The summed E-state index contributed by atoms with van der Waals surface area (Å²) in [6.45, 7) is 1.26. The molecule has 2 aromatic carbocycles. The summed E-state index contributed by atoms with van der Waals surface area (Å²) < 4.78 is 90.2. The van der Waals surface area contributed by atoms with Crippen LogP contribution in [0.2, 0.25) is 0 Å². The molecule has 3 rings (SSSR count). The average molecular weight is 485 g/mol. The van der Waals surface area contributed by atoms with Crippen LogP contribution in [-0.2, 0) is 23.8 Å². The van der Waals surface area contributed by atoms with Gasteiger partial charge in [-0.25, -0.2) is 4.68 Å². The number of ether oxygens (including phenoxy) is 2. The van der Waals surface area contributed by atoms with Crippen molar-refractivity contribution in [1.29, 1.82) is 0 Å². The summed E-state index contributed by atoms with van der Waals surface area (Å²) in [4.78, 5) is 11.1. The molecule has 0 bridgehead atoms. The van der Waals surface area contributed by atoms with E-state index >= 15 is 0 Å². The number of aromatic nitrogens is 3. The van der Waals surface area contributed by atoms with Crippen molar-refractivity contribution in [1.82, 2.24) is 15.0 Å². The minimum absolute atomic E-state index is 0.127. The third kappa shape index (κ3) is 5.94. The maximum Gasteiger partial charge on any atom is 0.417 e. The van der Waals surface area contributed by atoms with Crippen LogP contribution in [0.15, 0.2) is 48.7 Å². The van der Waals surface area contributed by atoms with E-state index in [1.165, 1.54) is 26.3 Å². The Hall–Kier alpha value is -3.83. The van der Waals surface area contributed by atoms with E-state index in [1.54, 1.807) is 24.3 Å². The Morgan fingerprint density at radius 1 is 1.00 bits per heavy atom. The highest BCUT2D eigenvalue weighted by atomic mass is 19.4. The summed E-state index contributed by atoms with van der Waals surface area (Å²) in [5.74, 6) is 0.555. The third-order valence-electron chi connectivity index (χ3n) is 4.49. The first-order valence-corrected chi connectivity index (χ1v) is 9.58. The van der Waals surface area contributed by atoms with Gasteiger partial charge in [-0.2, -0.15) is 26.3 Å². The number of halogens is 6. The van der Waals surface area contributed by atoms with Crippen molar-refractivity contribution in [2.75, 3.05) is 7.11 Å². The van der Waals surface area contributed by atoms with E-state index in [2.05, 4.69) is 10.3 Å². The first-order chi connectivity index (χ1) is 15.9. The van der Waals surface area contributed by atoms with E-state index in [4.69, 9.17) is 9.47 Å². The number of carbonyl (C=O) groups is 1. The summed E-state index contributed by atoms with van der Waals surface area (Å²) in [5.41, 5.74) is -2.97. The lowest BCUT2D eigenvalue weighted by Gasteiger charge is -2.16. The third-order valence-corrected chi connectivity index (χ3v) is 4.49. The second-order valence-corrected chi connectivity index (χ2v) is 7.02. The number of allylic oxidation sites excluding steroid dienone is 1. The van der Waals surface area contributed by atoms with Crippen LogP contribution < -0.4 is 9.47 Å². The molecule has 6 nitrogen and oxygen atoms in total. The second kappa shape index (κ2) is 9.57. The molecule has 0 saturated heterocycles. The summed E-state index contributed by atoms with van der Waals surface area (Å²) in [5, 5.41) is 7.46. The van der Waals surface area contributed by atoms with Crippen molar-refractivity contribution >= 4 is 11.9 Å². The molecular weight excluding hydrogens is 468 g/mol. The van der Waals surface area contributed by atoms with E-state index in [0.29, 0.717) is 29.2 Å². The van der Waals surface area contributed by atoms with Gasteiger partial charge in [-0.3, -0.25) is 4.79 Å². The number of hydrogen-bond acceptors (Lipinski definition) is 5. The number of methoxy groups -OCH3 is 1. The zero-order valence-corrected chi connectivity index (χ0v) is 17.7. The fourth-order valence-corrected chi connectivity index (χ4v) is 2.92. The zero-order valence-electron chi connectivity index (χ0n) is 17.7. The molecule has 0 aliphatic rings. The highest BCUT2D eigenvalue weighted by Gasteiger charge is 2.43. The van der Waals surface area contributed by atoms with Gasteiger partial charge in [-0.1, -0.05) is 17.4 Å². The fraction of sp³-hybridized carbons (Fsp3) is 0.227. The van der Waals surface area contributed by atoms with Crippen molar-refractivity contribution in [2.45, 2.75) is 25.9 Å². The smallest absolute Gasteiger partial charge is 0.417 e. The predicted octanol–water partition coefficient (Wildman–Crippen LogP) is 5.49. The molecule has 0 aliphatic heterocycles. The van der Waals surface area contributed by atoms with Gasteiger partial charge in [0.1, 0.15) is 12.3 Å². The molecule has 0 spiro atoms. The number of alkyl halides is 6. The van der Waals surface area contributed by atoms with Crippen LogP contribution in [0.4, 0.5) is 26.3 Å². The zero-order chi connectivity index (χ0) is 25.1. The maximum absolute atomic E-state index is 13.2. The summed E-state index contributed by atoms with van der Waals surface area (Å²) in [6, 6.07) is 6.48. The van der Waals surface area contributed by atoms with Crippen molar-refractivity contribution in [3.05, 3.63) is 71.1 Å². The Bertz CT molecular complexity index is 1220. The van der Waals surface area contributed by atoms with Crippen molar-refractivity contribution in [3.63, 3.8) is 0 Å². The highest BCUT2D eigenvalue weighted by Crippen LogP contribution is 2.41. The molecule has 0 radical (unpaired) electrons. The monoisotopic (exact) mass is 485 g/mol. The van der Waals surface area contributed by atoms with Gasteiger partial charge in [0.05, 0.1) is 30.1 Å². The Morgan fingerprint density at radius 3 is 2.32 bits per heavy atom. The number of hydrogen-bond donors (Lipinski definition) is 0. The van der Waals surface area contributed by atoms with Gasteiger partial charge in [0.2, 0.25) is 0 Å². The first-order valence-electron chi connectivity index (χ1n) is 9.58. The molecule has 0 atom stereocenters. The van der Waals surface area contributed by atoms with Gasteiger partial charge in [-0.15, -0.1) is 5.10 Å². The number of ketones is 1. The van der Waals surface area contributed by atoms with Gasteiger partial charge in [0.15, 0.2) is 17.3 Å². The van der Waals surface area contributed by atoms with Gasteiger partial charge in [0, 0.05) is 0 Å². The molecule has 0 fully saturated rings. The van der Waals surface area contributed by atoms with Crippen molar-refractivity contribution in [3.8, 4) is 17.2 Å². The molecule has 1 heterocycles. The molecular formula is C22H17F6N3O3. The van der Waals surface area contributed by atoms with Crippen LogP contribution in [0.5, 0.6) is 11.5 Å². The molecule has 12 heteroatoms. The molecule has 180 valence electrons. The minimum atomic E-state index is -5.21. The van der Waals surface area contributed by atoms with Gasteiger partial charge in [-0.05, 0) is 48.9 Å². The average Bonchev–Trinajstić information content (AvgIpc) is 3.24. The van der Waals surface area contributed by atoms with Gasteiger partial charge < -0.3 is 9.47 Å². The second-order valence-electron chi connectivity index (χ2n) is 7.02. The number of carbonyl (C=O) groups excluding carboxylic acids is 1. The highest BCUT2D eigenvalue weighted by molar-refractivity contribution is 5.91. The maximum atomic E-state index is 13.2. The van der Waals surface area contributed by atoms with Crippen LogP contribution in [0.3, 0.4) is 0 Å². The Labute approximate surface area is 189 Å².